The lowest BCUT2D eigenvalue weighted by atomic mass is 9.94. The van der Waals surface area contributed by atoms with Crippen LogP contribution < -0.4 is 16.0 Å². The number of carbonyl (C=O) groups excluding carboxylic acids is 2. The number of aliphatic hydroxyl groups is 9. The zero-order valence-corrected chi connectivity index (χ0v) is 25.1. The van der Waals surface area contributed by atoms with Gasteiger partial charge in [0.05, 0.1) is 25.9 Å². The van der Waals surface area contributed by atoms with Crippen LogP contribution in [0.4, 0.5) is 5.82 Å². The normalized spacial score (nSPS) is 34.2. The average Bonchev–Trinajstić information content (AvgIpc) is 3.03. The molecule has 2 fully saturated rings. The van der Waals surface area contributed by atoms with Crippen LogP contribution in [0, 0.1) is 0 Å². The maximum atomic E-state index is 12.1. The summed E-state index contributed by atoms with van der Waals surface area (Å²) in [5.41, 5.74) is 0. The Bertz CT molecular complexity index is 1090. The molecule has 262 valence electrons. The van der Waals surface area contributed by atoms with Gasteiger partial charge in [-0.1, -0.05) is 6.07 Å². The molecule has 2 saturated heterocycles. The molecule has 1 aromatic heterocycles. The van der Waals surface area contributed by atoms with E-state index in [2.05, 4.69) is 20.9 Å². The van der Waals surface area contributed by atoms with E-state index in [9.17, 15) is 55.5 Å². The number of nitrogens with one attached hydrogen (secondary N) is 3. The number of amides is 2. The fourth-order valence-electron chi connectivity index (χ4n) is 5.16. The largest absolute Gasteiger partial charge is 0.394 e. The van der Waals surface area contributed by atoms with Crippen LogP contribution in [0.3, 0.4) is 0 Å². The molecular weight excluding hydrogens is 620 g/mol. The van der Waals surface area contributed by atoms with Crippen molar-refractivity contribution in [3.8, 4) is 0 Å². The molecule has 3 rings (SSSR count). The molecule has 0 saturated carbocycles. The molecule has 0 aliphatic carbocycles. The SMILES string of the molecule is CC(=O)NC(CNc1ccccn1)[C@H](O)C(O[C@@H]1OC(CO)[C@@H](O[C@@H]2OC(CO)[C@H](O)[C@H](O)C2O)[C@H](O)C1NC(C)=O)C(O)CO. The fourth-order valence-corrected chi connectivity index (χ4v) is 5.16. The Morgan fingerprint density at radius 3 is 2.15 bits per heavy atom. The van der Waals surface area contributed by atoms with Crippen molar-refractivity contribution in [2.24, 2.45) is 0 Å². The summed E-state index contributed by atoms with van der Waals surface area (Å²) in [4.78, 5) is 28.2. The molecule has 0 bridgehead atoms. The molecule has 2 amide bonds. The fraction of sp³-hybridized carbons (Fsp3) is 0.741. The number of pyridine rings is 1. The number of ether oxygens (including phenoxy) is 4. The van der Waals surface area contributed by atoms with Gasteiger partial charge in [0.25, 0.3) is 0 Å². The number of carbonyl (C=O) groups is 2. The van der Waals surface area contributed by atoms with Crippen LogP contribution >= 0.6 is 0 Å². The summed E-state index contributed by atoms with van der Waals surface area (Å²) in [5.74, 6) is -0.866. The van der Waals surface area contributed by atoms with Crippen LogP contribution in [0.5, 0.6) is 0 Å². The van der Waals surface area contributed by atoms with Gasteiger partial charge in [-0.25, -0.2) is 4.98 Å². The number of aromatic nitrogens is 1. The highest BCUT2D eigenvalue weighted by Gasteiger charge is 2.52. The molecule has 19 heteroatoms. The molecule has 46 heavy (non-hydrogen) atoms. The van der Waals surface area contributed by atoms with Crippen molar-refractivity contribution in [1.82, 2.24) is 15.6 Å². The molecule has 3 heterocycles. The van der Waals surface area contributed by atoms with Gasteiger partial charge in [0, 0.05) is 26.6 Å². The standard InChI is InChI=1S/C27H44N4O15/c1-11(35)30-13(7-29-17-5-3-4-6-28-17)19(38)24(14(37)8-32)45-26-18(31-12(2)36)21(40)25(16(10-34)44-26)46-27-23(42)22(41)20(39)15(9-33)43-27/h3-6,13-16,18-27,32-34,37-42H,7-10H2,1-2H3,(H,28,29)(H,30,35)(H,31,36)/t13?,14?,15?,16?,18?,19-,20-,21+,22-,23?,24?,25+,26-,27-/m0/s1. The molecule has 2 aliphatic rings. The second-order valence-electron chi connectivity index (χ2n) is 11.0. The Kier molecular flexibility index (Phi) is 14.4. The molecule has 0 aromatic carbocycles. The minimum atomic E-state index is -1.87. The van der Waals surface area contributed by atoms with E-state index in [0.717, 1.165) is 6.92 Å². The van der Waals surface area contributed by atoms with E-state index < -0.39 is 117 Å². The first-order valence-corrected chi connectivity index (χ1v) is 14.5. The van der Waals surface area contributed by atoms with Crippen LogP contribution in [0.2, 0.25) is 0 Å². The smallest absolute Gasteiger partial charge is 0.217 e. The molecule has 2 aliphatic heterocycles. The Morgan fingerprint density at radius 1 is 0.913 bits per heavy atom. The van der Waals surface area contributed by atoms with Gasteiger partial charge in [0.2, 0.25) is 11.8 Å². The lowest BCUT2D eigenvalue weighted by molar-refractivity contribution is -0.354. The third kappa shape index (κ3) is 9.47. The van der Waals surface area contributed by atoms with Gasteiger partial charge < -0.3 is 80.9 Å². The predicted octanol–water partition coefficient (Wildman–Crippen LogP) is -6.13. The average molecular weight is 665 g/mol. The van der Waals surface area contributed by atoms with Gasteiger partial charge in [-0.3, -0.25) is 9.59 Å². The molecule has 0 radical (unpaired) electrons. The van der Waals surface area contributed by atoms with Crippen LogP contribution in [-0.4, -0.2) is 175 Å². The zero-order chi connectivity index (χ0) is 34.1. The summed E-state index contributed by atoms with van der Waals surface area (Å²) >= 11 is 0. The van der Waals surface area contributed by atoms with Crippen molar-refractivity contribution in [3.05, 3.63) is 24.4 Å². The minimum Gasteiger partial charge on any atom is -0.394 e. The lowest BCUT2D eigenvalue weighted by Crippen LogP contribution is -2.68. The summed E-state index contributed by atoms with van der Waals surface area (Å²) in [7, 11) is 0. The quantitative estimate of drug-likeness (QED) is 0.0830. The molecule has 14 atom stereocenters. The molecule has 0 spiro atoms. The summed E-state index contributed by atoms with van der Waals surface area (Å²) in [6.07, 6.45) is -18.9. The number of rotatable bonds is 15. The van der Waals surface area contributed by atoms with Gasteiger partial charge in [0.15, 0.2) is 12.6 Å². The van der Waals surface area contributed by atoms with Crippen molar-refractivity contribution in [2.75, 3.05) is 31.7 Å². The third-order valence-electron chi connectivity index (χ3n) is 7.53. The van der Waals surface area contributed by atoms with Crippen molar-refractivity contribution < 1.29 is 74.5 Å². The van der Waals surface area contributed by atoms with E-state index >= 15 is 0 Å². The lowest BCUT2D eigenvalue weighted by Gasteiger charge is -2.48. The molecule has 19 nitrogen and oxygen atoms in total. The Balaban J connectivity index is 1.86. The van der Waals surface area contributed by atoms with Crippen LogP contribution in [0.25, 0.3) is 0 Å². The Labute approximate surface area is 263 Å². The molecule has 1 aromatic rings. The van der Waals surface area contributed by atoms with E-state index in [4.69, 9.17) is 18.9 Å². The second kappa shape index (κ2) is 17.5. The zero-order valence-electron chi connectivity index (χ0n) is 25.1. The maximum absolute atomic E-state index is 12.1. The van der Waals surface area contributed by atoms with Gasteiger partial charge in [-0.05, 0) is 12.1 Å². The Morgan fingerprint density at radius 2 is 1.59 bits per heavy atom. The Hall–Kier alpha value is -2.63. The van der Waals surface area contributed by atoms with Gasteiger partial charge in [-0.2, -0.15) is 0 Å². The third-order valence-corrected chi connectivity index (χ3v) is 7.53. The van der Waals surface area contributed by atoms with Crippen LogP contribution in [-0.2, 0) is 28.5 Å². The number of anilines is 1. The van der Waals surface area contributed by atoms with Gasteiger partial charge in [-0.15, -0.1) is 0 Å². The van der Waals surface area contributed by atoms with E-state index in [-0.39, 0.29) is 6.54 Å². The molecular formula is C27H44N4O15. The number of nitrogens with zero attached hydrogens (tertiary/aromatic N) is 1. The first-order chi connectivity index (χ1) is 21.8. The first kappa shape index (κ1) is 37.8. The van der Waals surface area contributed by atoms with E-state index in [1.807, 2.05) is 0 Å². The first-order valence-electron chi connectivity index (χ1n) is 14.5. The summed E-state index contributed by atoms with van der Waals surface area (Å²) < 4.78 is 22.6. The van der Waals surface area contributed by atoms with Crippen molar-refractivity contribution in [3.63, 3.8) is 0 Å². The van der Waals surface area contributed by atoms with Gasteiger partial charge >= 0.3 is 0 Å². The summed E-state index contributed by atoms with van der Waals surface area (Å²) in [5, 5.41) is 101. The number of hydrogen-bond donors (Lipinski definition) is 12. The van der Waals surface area contributed by atoms with Crippen molar-refractivity contribution in [2.45, 2.75) is 99.6 Å². The van der Waals surface area contributed by atoms with Crippen LogP contribution in [0.15, 0.2) is 24.4 Å². The second-order valence-corrected chi connectivity index (χ2v) is 11.0. The highest BCUT2D eigenvalue weighted by molar-refractivity contribution is 5.73. The monoisotopic (exact) mass is 664 g/mol. The van der Waals surface area contributed by atoms with Crippen molar-refractivity contribution in [1.29, 1.82) is 0 Å². The van der Waals surface area contributed by atoms with E-state index in [0.29, 0.717) is 5.82 Å². The highest BCUT2D eigenvalue weighted by atomic mass is 16.7. The summed E-state index contributed by atoms with van der Waals surface area (Å²) in [6, 6.07) is 2.30. The minimum absolute atomic E-state index is 0.132. The predicted molar refractivity (Wildman–Crippen MR) is 152 cm³/mol. The van der Waals surface area contributed by atoms with E-state index in [1.165, 1.54) is 13.1 Å². The van der Waals surface area contributed by atoms with Gasteiger partial charge in [0.1, 0.15) is 72.9 Å². The maximum Gasteiger partial charge on any atom is 0.217 e. The van der Waals surface area contributed by atoms with Crippen molar-refractivity contribution >= 4 is 17.6 Å². The summed E-state index contributed by atoms with van der Waals surface area (Å²) in [6.45, 7) is -0.407. The van der Waals surface area contributed by atoms with E-state index in [1.54, 1.807) is 18.2 Å². The van der Waals surface area contributed by atoms with Crippen LogP contribution in [0.1, 0.15) is 13.8 Å². The topological polar surface area (TPSA) is 302 Å². The molecule has 7 unspecified atom stereocenters. The number of aliphatic hydroxyl groups excluding tert-OH is 9. The molecule has 12 N–H and O–H groups in total. The number of hydrogen-bond acceptors (Lipinski definition) is 17. The highest BCUT2D eigenvalue weighted by Crippen LogP contribution is 2.31.